The lowest BCUT2D eigenvalue weighted by Gasteiger charge is -2.55. The quantitative estimate of drug-likeness (QED) is 0.679. The minimum absolute atomic E-state index is 0.449. The average molecular weight is 433 g/mol. The highest BCUT2D eigenvalue weighted by Crippen LogP contribution is 2.52. The number of nitrogens with zero attached hydrogens (tertiary/aromatic N) is 3. The van der Waals surface area contributed by atoms with Gasteiger partial charge in [-0.3, -0.25) is 0 Å². The maximum absolute atomic E-state index is 6.41. The van der Waals surface area contributed by atoms with Crippen molar-refractivity contribution in [1.29, 1.82) is 0 Å². The second kappa shape index (κ2) is 8.26. The number of piperidine rings is 1. The van der Waals surface area contributed by atoms with Crippen LogP contribution in [0.3, 0.4) is 0 Å². The number of rotatable bonds is 5. The van der Waals surface area contributed by atoms with E-state index in [0.717, 1.165) is 41.4 Å². The Bertz CT molecular complexity index is 1020. The van der Waals surface area contributed by atoms with Crippen molar-refractivity contribution >= 4 is 11.0 Å². The van der Waals surface area contributed by atoms with Gasteiger partial charge in [0.05, 0.1) is 6.20 Å². The average Bonchev–Trinajstić information content (AvgIpc) is 3.49. The van der Waals surface area contributed by atoms with Gasteiger partial charge in [-0.25, -0.2) is 4.98 Å². The molecular formula is C27H36N4O. The Morgan fingerprint density at radius 3 is 2.75 bits per heavy atom. The number of aromatic nitrogens is 2. The highest BCUT2D eigenvalue weighted by atomic mass is 16.5. The maximum atomic E-state index is 6.41. The Labute approximate surface area is 191 Å². The van der Waals surface area contributed by atoms with Gasteiger partial charge in [0.2, 0.25) is 0 Å². The van der Waals surface area contributed by atoms with Gasteiger partial charge in [0.25, 0.3) is 0 Å². The predicted molar refractivity (Wildman–Crippen MR) is 128 cm³/mol. The first-order valence-corrected chi connectivity index (χ1v) is 12.7. The zero-order valence-electron chi connectivity index (χ0n) is 19.4. The molecule has 1 spiro atoms. The fraction of sp³-hybridized carbons (Fsp3) is 0.593. The van der Waals surface area contributed by atoms with E-state index in [2.05, 4.69) is 44.9 Å². The van der Waals surface area contributed by atoms with Gasteiger partial charge < -0.3 is 19.5 Å². The molecule has 1 N–H and O–H groups in total. The van der Waals surface area contributed by atoms with Crippen molar-refractivity contribution in [3.63, 3.8) is 0 Å². The Balaban J connectivity index is 1.11. The minimum Gasteiger partial charge on any atom is -0.460 e. The van der Waals surface area contributed by atoms with Crippen LogP contribution >= 0.6 is 0 Å². The van der Waals surface area contributed by atoms with Crippen molar-refractivity contribution in [3.8, 4) is 5.75 Å². The summed E-state index contributed by atoms with van der Waals surface area (Å²) in [6, 6.07) is 5.02. The number of pyridine rings is 1. The topological polar surface area (TPSA) is 44.4 Å². The van der Waals surface area contributed by atoms with Crippen LogP contribution in [0.5, 0.6) is 5.75 Å². The number of ether oxygens (including phenoxy) is 1. The maximum Gasteiger partial charge on any atom is 0.145 e. The monoisotopic (exact) mass is 432 g/mol. The first kappa shape index (κ1) is 20.3. The Morgan fingerprint density at radius 1 is 1.16 bits per heavy atom. The lowest BCUT2D eigenvalue weighted by molar-refractivity contribution is -0.0293. The number of fused-ring (bicyclic) bond motifs is 1. The Hall–Kier alpha value is -2.27. The van der Waals surface area contributed by atoms with Crippen LogP contribution in [0.4, 0.5) is 0 Å². The molecule has 2 aliphatic heterocycles. The summed E-state index contributed by atoms with van der Waals surface area (Å²) in [4.78, 5) is 13.0. The van der Waals surface area contributed by atoms with Gasteiger partial charge in [0.15, 0.2) is 0 Å². The normalized spacial score (nSPS) is 26.3. The summed E-state index contributed by atoms with van der Waals surface area (Å²) in [7, 11) is 0. The van der Waals surface area contributed by atoms with E-state index in [9.17, 15) is 0 Å². The fourth-order valence-corrected chi connectivity index (χ4v) is 6.47. The molecule has 2 aromatic rings. The molecule has 3 fully saturated rings. The van der Waals surface area contributed by atoms with Crippen LogP contribution in [0.2, 0.25) is 0 Å². The van der Waals surface area contributed by atoms with Crippen LogP contribution < -0.4 is 4.74 Å². The van der Waals surface area contributed by atoms with Crippen LogP contribution in [0.1, 0.15) is 58.3 Å². The second-order valence-corrected chi connectivity index (χ2v) is 10.5. The first-order valence-electron chi connectivity index (χ1n) is 12.7. The van der Waals surface area contributed by atoms with E-state index >= 15 is 0 Å². The third-order valence-electron chi connectivity index (χ3n) is 8.59. The van der Waals surface area contributed by atoms with Gasteiger partial charge in [-0.2, -0.15) is 0 Å². The van der Waals surface area contributed by atoms with E-state index in [1.54, 1.807) is 0 Å². The first-order chi connectivity index (χ1) is 15.7. The van der Waals surface area contributed by atoms with Gasteiger partial charge in [0, 0.05) is 42.3 Å². The smallest absolute Gasteiger partial charge is 0.145 e. The number of allylic oxidation sites excluding steroid dienone is 3. The molecule has 4 heterocycles. The Kier molecular flexibility index (Phi) is 5.25. The van der Waals surface area contributed by atoms with Crippen LogP contribution in [0.15, 0.2) is 48.1 Å². The van der Waals surface area contributed by atoms with Gasteiger partial charge >= 0.3 is 0 Å². The molecular weight excluding hydrogens is 396 g/mol. The zero-order chi connectivity index (χ0) is 21.5. The lowest BCUT2D eigenvalue weighted by atomic mass is 9.60. The predicted octanol–water partition coefficient (Wildman–Crippen LogP) is 5.48. The molecule has 4 aliphatic rings. The summed E-state index contributed by atoms with van der Waals surface area (Å²) >= 11 is 0. The molecule has 5 heteroatoms. The standard InChI is InChI=1S/C27H36N4O/c1-2-20-5-6-22(16-25(20)32-24-15-21-7-10-28-26(21)29-19-24)31-13-8-27(9-14-31)17-23(18-27)30-11-3-4-12-30/h6-7,10,15-16,19-20,23H,2-5,8-9,11-14,17-18H2,1H3,(H,28,29). The number of hydrogen-bond acceptors (Lipinski definition) is 4. The molecule has 2 saturated heterocycles. The van der Waals surface area contributed by atoms with E-state index in [4.69, 9.17) is 4.74 Å². The molecule has 32 heavy (non-hydrogen) atoms. The third kappa shape index (κ3) is 3.75. The molecule has 0 bridgehead atoms. The minimum atomic E-state index is 0.449. The molecule has 5 nitrogen and oxygen atoms in total. The summed E-state index contributed by atoms with van der Waals surface area (Å²) in [6.45, 7) is 7.33. The van der Waals surface area contributed by atoms with Gasteiger partial charge in [0.1, 0.15) is 17.2 Å². The number of likely N-dealkylation sites (tertiary alicyclic amines) is 2. The van der Waals surface area contributed by atoms with E-state index in [-0.39, 0.29) is 0 Å². The fourth-order valence-electron chi connectivity index (χ4n) is 6.47. The van der Waals surface area contributed by atoms with Crippen molar-refractivity contribution in [2.75, 3.05) is 26.2 Å². The molecule has 0 aromatic carbocycles. The number of H-pyrrole nitrogens is 1. The molecule has 2 aliphatic carbocycles. The summed E-state index contributed by atoms with van der Waals surface area (Å²) in [5, 5.41) is 1.09. The second-order valence-electron chi connectivity index (χ2n) is 10.5. The van der Waals surface area contributed by atoms with E-state index in [1.165, 1.54) is 70.4 Å². The molecule has 6 rings (SSSR count). The zero-order valence-corrected chi connectivity index (χ0v) is 19.4. The molecule has 1 saturated carbocycles. The van der Waals surface area contributed by atoms with Crippen molar-refractivity contribution in [2.45, 2.75) is 64.3 Å². The number of nitrogens with one attached hydrogen (secondary N) is 1. The molecule has 0 radical (unpaired) electrons. The third-order valence-corrected chi connectivity index (χ3v) is 8.59. The van der Waals surface area contributed by atoms with Gasteiger partial charge in [-0.1, -0.05) is 13.0 Å². The van der Waals surface area contributed by atoms with E-state index in [1.807, 2.05) is 18.5 Å². The Morgan fingerprint density at radius 2 is 1.97 bits per heavy atom. The summed E-state index contributed by atoms with van der Waals surface area (Å²) < 4.78 is 6.41. The molecule has 2 aromatic heterocycles. The van der Waals surface area contributed by atoms with Crippen LogP contribution in [-0.2, 0) is 0 Å². The molecule has 170 valence electrons. The number of hydrogen-bond donors (Lipinski definition) is 1. The van der Waals surface area contributed by atoms with E-state index in [0.29, 0.717) is 11.3 Å². The lowest BCUT2D eigenvalue weighted by Crippen LogP contribution is -2.54. The molecule has 1 unspecified atom stereocenters. The highest BCUT2D eigenvalue weighted by molar-refractivity contribution is 5.76. The SMILES string of the molecule is CCC1CC=C(N2CCC3(CC2)CC(N2CCCC2)C3)C=C1Oc1cnc2[nH]ccc2c1. The van der Waals surface area contributed by atoms with E-state index < -0.39 is 0 Å². The van der Waals surface area contributed by atoms with Crippen molar-refractivity contribution < 1.29 is 4.74 Å². The summed E-state index contributed by atoms with van der Waals surface area (Å²) in [6.07, 6.45) is 19.1. The number of aromatic amines is 1. The van der Waals surface area contributed by atoms with Crippen molar-refractivity contribution in [3.05, 3.63) is 48.1 Å². The van der Waals surface area contributed by atoms with Crippen LogP contribution in [0.25, 0.3) is 11.0 Å². The van der Waals surface area contributed by atoms with Crippen molar-refractivity contribution in [1.82, 2.24) is 19.8 Å². The molecule has 0 amide bonds. The highest BCUT2D eigenvalue weighted by Gasteiger charge is 2.48. The van der Waals surface area contributed by atoms with Crippen LogP contribution in [0, 0.1) is 11.3 Å². The van der Waals surface area contributed by atoms with Crippen molar-refractivity contribution in [2.24, 2.45) is 11.3 Å². The molecule has 1 atom stereocenters. The summed E-state index contributed by atoms with van der Waals surface area (Å²) in [5.41, 5.74) is 2.91. The van der Waals surface area contributed by atoms with Gasteiger partial charge in [-0.05, 0) is 88.1 Å². The van der Waals surface area contributed by atoms with Gasteiger partial charge in [-0.15, -0.1) is 0 Å². The summed E-state index contributed by atoms with van der Waals surface area (Å²) in [5.74, 6) is 2.38. The van der Waals surface area contributed by atoms with Crippen LogP contribution in [-0.4, -0.2) is 52.0 Å². The largest absolute Gasteiger partial charge is 0.460 e.